The average Bonchev–Trinajstić information content (AvgIpc) is 2.60. The van der Waals surface area contributed by atoms with Crippen LogP contribution in [0.3, 0.4) is 0 Å². The van der Waals surface area contributed by atoms with Gasteiger partial charge in [0.15, 0.2) is 0 Å². The van der Waals surface area contributed by atoms with Crippen molar-refractivity contribution in [3.05, 3.63) is 65.2 Å². The molecule has 2 nitrogen and oxygen atoms in total. The van der Waals surface area contributed by atoms with Crippen molar-refractivity contribution < 1.29 is 9.13 Å². The summed E-state index contributed by atoms with van der Waals surface area (Å²) in [5, 5.41) is 3.11. The summed E-state index contributed by atoms with van der Waals surface area (Å²) in [4.78, 5) is 0. The van der Waals surface area contributed by atoms with Crippen LogP contribution < -0.4 is 5.32 Å². The highest BCUT2D eigenvalue weighted by Gasteiger charge is 2.06. The van der Waals surface area contributed by atoms with Gasteiger partial charge in [-0.3, -0.25) is 0 Å². The average molecular weight is 327 g/mol. The molecule has 0 amide bonds. The maximum absolute atomic E-state index is 12.8. The van der Waals surface area contributed by atoms with Crippen LogP contribution in [-0.4, -0.2) is 19.8 Å². The zero-order valence-electron chi connectivity index (χ0n) is 14.6. The fraction of sp³-hybridized carbons (Fsp3) is 0.333. The minimum absolute atomic E-state index is 0.0177. The molecule has 2 aromatic carbocycles. The highest BCUT2D eigenvalue weighted by molar-refractivity contribution is 5.70. The number of halogens is 1. The zero-order chi connectivity index (χ0) is 17.4. The third kappa shape index (κ3) is 5.82. The van der Waals surface area contributed by atoms with Crippen LogP contribution in [0.4, 0.5) is 10.1 Å². The van der Waals surface area contributed by atoms with Crippen LogP contribution in [0.2, 0.25) is 0 Å². The number of hydrogen-bond acceptors (Lipinski definition) is 2. The van der Waals surface area contributed by atoms with E-state index in [2.05, 4.69) is 66.0 Å². The van der Waals surface area contributed by atoms with Gasteiger partial charge in [0, 0.05) is 19.2 Å². The third-order valence-corrected chi connectivity index (χ3v) is 3.96. The molecule has 0 saturated heterocycles. The first-order chi connectivity index (χ1) is 11.6. The van der Waals surface area contributed by atoms with Gasteiger partial charge in [0.05, 0.1) is 18.9 Å². The van der Waals surface area contributed by atoms with Gasteiger partial charge < -0.3 is 10.1 Å². The van der Waals surface area contributed by atoms with Crippen molar-refractivity contribution in [2.75, 3.05) is 19.0 Å². The highest BCUT2D eigenvalue weighted by atomic mass is 19.1. The Morgan fingerprint density at radius 2 is 1.50 bits per heavy atom. The van der Waals surface area contributed by atoms with E-state index in [0.29, 0.717) is 13.0 Å². The zero-order valence-corrected chi connectivity index (χ0v) is 14.6. The first kappa shape index (κ1) is 18.2. The predicted molar refractivity (Wildman–Crippen MR) is 101 cm³/mol. The molecule has 0 aliphatic heterocycles. The molecular weight excluding hydrogens is 301 g/mol. The van der Waals surface area contributed by atoms with Gasteiger partial charge in [-0.2, -0.15) is 0 Å². The van der Waals surface area contributed by atoms with E-state index in [9.17, 15) is 4.39 Å². The molecule has 128 valence electrons. The first-order valence-corrected chi connectivity index (χ1v) is 8.40. The number of ether oxygens (including phenoxy) is 1. The van der Waals surface area contributed by atoms with Crippen molar-refractivity contribution in [3.63, 3.8) is 0 Å². The molecule has 24 heavy (non-hydrogen) atoms. The lowest BCUT2D eigenvalue weighted by Crippen LogP contribution is -2.05. The lowest BCUT2D eigenvalue weighted by atomic mass is 10.1. The number of anilines is 1. The van der Waals surface area contributed by atoms with Crippen LogP contribution in [-0.2, 0) is 4.74 Å². The van der Waals surface area contributed by atoms with E-state index < -0.39 is 6.17 Å². The van der Waals surface area contributed by atoms with E-state index in [0.717, 1.165) is 22.4 Å². The minimum atomic E-state index is -0.813. The molecule has 0 aliphatic rings. The molecule has 0 saturated carbocycles. The standard InChI is InChI=1S/C21H26FNO/c1-16(22)14-15-24-17(2)20-10-6-18(7-11-20)4-5-19-8-12-21(23-3)13-9-19/h4-13,16-17,23H,14-15H2,1-3H3/b5-4+. The summed E-state index contributed by atoms with van der Waals surface area (Å²) in [6, 6.07) is 16.6. The first-order valence-electron chi connectivity index (χ1n) is 8.40. The second-order valence-corrected chi connectivity index (χ2v) is 5.95. The number of rotatable bonds is 8. The van der Waals surface area contributed by atoms with Crippen molar-refractivity contribution in [2.45, 2.75) is 32.5 Å². The maximum atomic E-state index is 12.8. The summed E-state index contributed by atoms with van der Waals surface area (Å²) < 4.78 is 18.4. The van der Waals surface area contributed by atoms with Crippen molar-refractivity contribution in [3.8, 4) is 0 Å². The van der Waals surface area contributed by atoms with Crippen LogP contribution in [0.1, 0.15) is 43.1 Å². The Kier molecular flexibility index (Phi) is 7.01. The molecule has 3 heteroatoms. The van der Waals surface area contributed by atoms with Crippen molar-refractivity contribution in [1.82, 2.24) is 0 Å². The van der Waals surface area contributed by atoms with Gasteiger partial charge in [0.2, 0.25) is 0 Å². The van der Waals surface area contributed by atoms with E-state index in [1.54, 1.807) is 6.92 Å². The summed E-state index contributed by atoms with van der Waals surface area (Å²) in [7, 11) is 1.91. The Balaban J connectivity index is 1.92. The molecular formula is C21H26FNO. The van der Waals surface area contributed by atoms with E-state index in [4.69, 9.17) is 4.74 Å². The van der Waals surface area contributed by atoms with Gasteiger partial charge in [-0.1, -0.05) is 48.6 Å². The summed E-state index contributed by atoms with van der Waals surface area (Å²) in [5.41, 5.74) is 4.51. The van der Waals surface area contributed by atoms with Gasteiger partial charge in [-0.15, -0.1) is 0 Å². The second kappa shape index (κ2) is 9.24. The number of benzene rings is 2. The van der Waals surface area contributed by atoms with E-state index in [-0.39, 0.29) is 6.10 Å². The quantitative estimate of drug-likeness (QED) is 0.626. The Labute approximate surface area is 144 Å². The molecule has 1 N–H and O–H groups in total. The Morgan fingerprint density at radius 3 is 2.00 bits per heavy atom. The summed E-state index contributed by atoms with van der Waals surface area (Å²) in [6.07, 6.45) is 3.80. The molecule has 2 atom stereocenters. The summed E-state index contributed by atoms with van der Waals surface area (Å²) >= 11 is 0. The number of hydrogen-bond donors (Lipinski definition) is 1. The van der Waals surface area contributed by atoms with E-state index >= 15 is 0 Å². The molecule has 0 spiro atoms. The smallest absolute Gasteiger partial charge is 0.0995 e. The van der Waals surface area contributed by atoms with Gasteiger partial charge in [-0.25, -0.2) is 4.39 Å². The molecule has 0 heterocycles. The highest BCUT2D eigenvalue weighted by Crippen LogP contribution is 2.19. The number of alkyl halides is 1. The molecule has 2 unspecified atom stereocenters. The minimum Gasteiger partial charge on any atom is -0.388 e. The van der Waals surface area contributed by atoms with Crippen LogP contribution in [0.15, 0.2) is 48.5 Å². The van der Waals surface area contributed by atoms with Crippen LogP contribution in [0, 0.1) is 0 Å². The molecule has 0 radical (unpaired) electrons. The second-order valence-electron chi connectivity index (χ2n) is 5.95. The molecule has 0 aliphatic carbocycles. The van der Waals surface area contributed by atoms with Gasteiger partial charge in [0.1, 0.15) is 0 Å². The van der Waals surface area contributed by atoms with Crippen molar-refractivity contribution in [2.24, 2.45) is 0 Å². The van der Waals surface area contributed by atoms with Crippen LogP contribution >= 0.6 is 0 Å². The normalized spacial score (nSPS) is 13.8. The third-order valence-electron chi connectivity index (χ3n) is 3.96. The fourth-order valence-electron chi connectivity index (χ4n) is 2.33. The maximum Gasteiger partial charge on any atom is 0.0995 e. The van der Waals surface area contributed by atoms with E-state index in [1.165, 1.54) is 0 Å². The monoisotopic (exact) mass is 327 g/mol. The topological polar surface area (TPSA) is 21.3 Å². The Bertz CT molecular complexity index is 632. The Morgan fingerprint density at radius 1 is 0.958 bits per heavy atom. The summed E-state index contributed by atoms with van der Waals surface area (Å²) in [5.74, 6) is 0. The molecule has 2 aromatic rings. The molecule has 0 aromatic heterocycles. The molecule has 0 bridgehead atoms. The van der Waals surface area contributed by atoms with Crippen molar-refractivity contribution in [1.29, 1.82) is 0 Å². The number of nitrogens with one attached hydrogen (secondary N) is 1. The van der Waals surface area contributed by atoms with Gasteiger partial charge in [0.25, 0.3) is 0 Å². The SMILES string of the molecule is CNc1ccc(/C=C/c2ccc(C(C)OCCC(C)F)cc2)cc1. The lowest BCUT2D eigenvalue weighted by Gasteiger charge is -2.14. The van der Waals surface area contributed by atoms with Gasteiger partial charge >= 0.3 is 0 Å². The predicted octanol–water partition coefficient (Wildman–Crippen LogP) is 5.72. The fourth-order valence-corrected chi connectivity index (χ4v) is 2.33. The molecule has 2 rings (SSSR count). The van der Waals surface area contributed by atoms with Gasteiger partial charge in [-0.05, 0) is 42.7 Å². The largest absolute Gasteiger partial charge is 0.388 e. The Hall–Kier alpha value is -2.13. The summed E-state index contributed by atoms with van der Waals surface area (Å²) in [6.45, 7) is 4.00. The van der Waals surface area contributed by atoms with Crippen LogP contribution in [0.25, 0.3) is 12.2 Å². The molecule has 0 fully saturated rings. The van der Waals surface area contributed by atoms with Crippen molar-refractivity contribution >= 4 is 17.8 Å². The van der Waals surface area contributed by atoms with E-state index in [1.807, 2.05) is 14.0 Å². The van der Waals surface area contributed by atoms with Crippen LogP contribution in [0.5, 0.6) is 0 Å². The lowest BCUT2D eigenvalue weighted by molar-refractivity contribution is 0.0535.